The molecule has 0 bridgehead atoms. The third-order valence-electron chi connectivity index (χ3n) is 9.63. The molecule has 4 atom stereocenters. The minimum atomic E-state index is -5.81. The van der Waals surface area contributed by atoms with Crippen LogP contribution in [0.1, 0.15) is 66.5 Å². The number of ether oxygens (including phenoxy) is 1. The first-order chi connectivity index (χ1) is 25.0. The molecule has 0 spiro atoms. The van der Waals surface area contributed by atoms with E-state index in [1.54, 1.807) is 6.92 Å². The van der Waals surface area contributed by atoms with E-state index in [-0.39, 0.29) is 43.4 Å². The van der Waals surface area contributed by atoms with Crippen molar-refractivity contribution in [2.75, 3.05) is 4.90 Å². The number of primary amides is 1. The predicted molar refractivity (Wildman–Crippen MR) is 193 cm³/mol. The van der Waals surface area contributed by atoms with Gasteiger partial charge >= 0.3 is 13.3 Å². The molecule has 2 aliphatic heterocycles. The molecule has 15 heteroatoms. The zero-order chi connectivity index (χ0) is 38.7. The number of nitrogens with two attached hydrogens (primary N) is 1. The van der Waals surface area contributed by atoms with Crippen LogP contribution in [0.2, 0.25) is 0 Å². The van der Waals surface area contributed by atoms with Crippen LogP contribution in [-0.4, -0.2) is 57.6 Å². The smallest absolute Gasteiger partial charge is 0.372 e. The third kappa shape index (κ3) is 9.08. The van der Waals surface area contributed by atoms with E-state index in [0.29, 0.717) is 12.1 Å². The Labute approximate surface area is 305 Å². The van der Waals surface area contributed by atoms with Gasteiger partial charge in [0.05, 0.1) is 24.4 Å². The number of rotatable bonds is 14. The normalized spacial score (nSPS) is 18.5. The fraction of sp³-hybridized carbons (Fsp3) is 0.368. The van der Waals surface area contributed by atoms with Crippen molar-refractivity contribution in [3.63, 3.8) is 0 Å². The second-order valence-corrected chi connectivity index (χ2v) is 15.2. The van der Waals surface area contributed by atoms with Gasteiger partial charge in [-0.15, -0.1) is 0 Å². The molecule has 0 fully saturated rings. The minimum absolute atomic E-state index is 0.00169. The van der Waals surface area contributed by atoms with Crippen LogP contribution in [-0.2, 0) is 53.6 Å². The van der Waals surface area contributed by atoms with Gasteiger partial charge in [0.25, 0.3) is 0 Å². The Balaban J connectivity index is 1.33. The van der Waals surface area contributed by atoms with E-state index in [1.165, 1.54) is 24.0 Å². The monoisotopic (exact) mass is 752 g/mol. The Hall–Kier alpha value is -4.75. The number of allylic oxidation sites excluding steroid dienone is 1. The predicted octanol–water partition coefficient (Wildman–Crippen LogP) is 4.37. The molecule has 2 heterocycles. The summed E-state index contributed by atoms with van der Waals surface area (Å²) in [5.41, 5.74) is 4.71. The highest BCUT2D eigenvalue weighted by molar-refractivity contribution is 7.52. The molecule has 2 aliphatic rings. The summed E-state index contributed by atoms with van der Waals surface area (Å²) < 4.78 is 46.2. The van der Waals surface area contributed by atoms with Gasteiger partial charge in [-0.1, -0.05) is 66.2 Å². The van der Waals surface area contributed by atoms with Crippen LogP contribution in [0.15, 0.2) is 72.8 Å². The SMILES string of the molecule is C/C(=C\C(=O)N[C@H]1CCc2cccc3c2N(C1=O)[C@H](C(=O)N[C@@H](CCC(N)=O)[C@@H](C)OCc1ccc(C)cc1)C3)c1cccc(C(F)(F)P(=O)(O)O)c1. The number of nitrogens with zero attached hydrogens (tertiary/aromatic N) is 1. The number of carbonyl (C=O) groups is 4. The van der Waals surface area contributed by atoms with Crippen molar-refractivity contribution in [1.82, 2.24) is 10.6 Å². The molecular formula is C38H43F2N4O8P. The number of hydrogen-bond acceptors (Lipinski definition) is 6. The van der Waals surface area contributed by atoms with Crippen LogP contribution >= 0.6 is 7.60 Å². The maximum absolute atomic E-state index is 14.4. The number of hydrogen-bond donors (Lipinski definition) is 5. The molecule has 0 aliphatic carbocycles. The van der Waals surface area contributed by atoms with E-state index in [2.05, 4.69) is 10.6 Å². The van der Waals surface area contributed by atoms with Crippen molar-refractivity contribution in [1.29, 1.82) is 0 Å². The van der Waals surface area contributed by atoms with Gasteiger partial charge in [0.2, 0.25) is 23.6 Å². The molecule has 3 aromatic rings. The highest BCUT2D eigenvalue weighted by Gasteiger charge is 2.50. The lowest BCUT2D eigenvalue weighted by atomic mass is 10.0. The van der Waals surface area contributed by atoms with Crippen molar-refractivity contribution in [3.05, 3.63) is 106 Å². The molecule has 12 nitrogen and oxygen atoms in total. The summed E-state index contributed by atoms with van der Waals surface area (Å²) in [6, 6.07) is 15.1. The van der Waals surface area contributed by atoms with Crippen molar-refractivity contribution in [3.8, 4) is 0 Å². The third-order valence-corrected chi connectivity index (χ3v) is 10.6. The largest absolute Gasteiger partial charge is 0.399 e. The second kappa shape index (κ2) is 16.1. The highest BCUT2D eigenvalue weighted by atomic mass is 31.2. The van der Waals surface area contributed by atoms with Gasteiger partial charge in [-0.05, 0) is 73.9 Å². The first kappa shape index (κ1) is 39.5. The number of alkyl halides is 2. The molecule has 0 saturated carbocycles. The van der Waals surface area contributed by atoms with E-state index in [4.69, 9.17) is 20.3 Å². The van der Waals surface area contributed by atoms with Gasteiger partial charge in [0.15, 0.2) is 0 Å². The number of benzene rings is 3. The van der Waals surface area contributed by atoms with Gasteiger partial charge < -0.3 is 30.9 Å². The standard InChI is InChI=1S/C38H43F2N4O8P/c1-22-10-12-25(13-11-22)21-52-24(3)30(16-17-33(41)45)43-36(47)32-20-28-8-4-6-26-14-15-31(37(48)44(32)35(26)28)42-34(46)18-23(2)27-7-5-9-29(19-27)38(39,40)53(49,50)51/h4-13,18-19,24,30-32H,14-17,20-21H2,1-3H3,(H2,41,45)(H,42,46)(H,43,47)(H2,49,50,51)/b23-18+/t24-,30+,31+,32+/m1/s1. The lowest BCUT2D eigenvalue weighted by molar-refractivity contribution is -0.129. The number of para-hydroxylation sites is 1. The van der Waals surface area contributed by atoms with Crippen molar-refractivity contribution < 1.29 is 47.0 Å². The summed E-state index contributed by atoms with van der Waals surface area (Å²) in [6.45, 7) is 5.51. The first-order valence-corrected chi connectivity index (χ1v) is 18.8. The Kier molecular flexibility index (Phi) is 12.0. The molecular weight excluding hydrogens is 709 g/mol. The molecule has 5 rings (SSSR count). The zero-order valence-electron chi connectivity index (χ0n) is 29.6. The van der Waals surface area contributed by atoms with Crippen LogP contribution in [0.25, 0.3) is 5.57 Å². The summed E-state index contributed by atoms with van der Waals surface area (Å²) in [4.78, 5) is 73.0. The first-order valence-electron chi connectivity index (χ1n) is 17.2. The minimum Gasteiger partial charge on any atom is -0.372 e. The van der Waals surface area contributed by atoms with E-state index < -0.39 is 66.7 Å². The van der Waals surface area contributed by atoms with E-state index in [0.717, 1.165) is 40.5 Å². The highest BCUT2D eigenvalue weighted by Crippen LogP contribution is 2.59. The average Bonchev–Trinajstić information content (AvgIpc) is 3.45. The lowest BCUT2D eigenvalue weighted by Crippen LogP contribution is -2.56. The lowest BCUT2D eigenvalue weighted by Gasteiger charge is -2.31. The molecule has 0 aromatic heterocycles. The van der Waals surface area contributed by atoms with E-state index >= 15 is 0 Å². The molecule has 0 unspecified atom stereocenters. The van der Waals surface area contributed by atoms with E-state index in [1.807, 2.05) is 49.4 Å². The van der Waals surface area contributed by atoms with Gasteiger partial charge in [-0.25, -0.2) is 0 Å². The number of amides is 4. The fourth-order valence-corrected chi connectivity index (χ4v) is 7.09. The second-order valence-electron chi connectivity index (χ2n) is 13.6. The topological polar surface area (TPSA) is 188 Å². The van der Waals surface area contributed by atoms with Crippen LogP contribution in [0.4, 0.5) is 14.5 Å². The average molecular weight is 753 g/mol. The van der Waals surface area contributed by atoms with Crippen molar-refractivity contribution >= 4 is 42.5 Å². The van der Waals surface area contributed by atoms with Crippen LogP contribution in [0.5, 0.6) is 0 Å². The van der Waals surface area contributed by atoms with Gasteiger partial charge in [-0.2, -0.15) is 8.78 Å². The van der Waals surface area contributed by atoms with Crippen molar-refractivity contribution in [2.45, 2.75) is 89.4 Å². The quantitative estimate of drug-likeness (QED) is 0.119. The number of aryl methyl sites for hydroxylation is 2. The molecule has 3 aromatic carbocycles. The summed E-state index contributed by atoms with van der Waals surface area (Å²) >= 11 is 0. The van der Waals surface area contributed by atoms with Crippen LogP contribution < -0.4 is 21.3 Å². The fourth-order valence-electron chi connectivity index (χ4n) is 6.62. The van der Waals surface area contributed by atoms with Gasteiger partial charge in [0, 0.05) is 24.5 Å². The Morgan fingerprint density at radius 2 is 1.77 bits per heavy atom. The van der Waals surface area contributed by atoms with Crippen LogP contribution in [0, 0.1) is 6.92 Å². The molecule has 4 amide bonds. The molecule has 6 N–H and O–H groups in total. The maximum atomic E-state index is 14.4. The summed E-state index contributed by atoms with van der Waals surface area (Å²) in [5, 5.41) is 5.71. The van der Waals surface area contributed by atoms with Gasteiger partial charge in [-0.3, -0.25) is 28.6 Å². The van der Waals surface area contributed by atoms with Crippen molar-refractivity contribution in [2.24, 2.45) is 5.73 Å². The molecule has 0 radical (unpaired) electrons. The summed E-state index contributed by atoms with van der Waals surface area (Å²) in [7, 11) is -5.81. The maximum Gasteiger partial charge on any atom is 0.399 e. The molecule has 282 valence electrons. The summed E-state index contributed by atoms with van der Waals surface area (Å²) in [6.07, 6.45) is 1.64. The summed E-state index contributed by atoms with van der Waals surface area (Å²) in [5.74, 6) is -2.21. The molecule has 0 saturated heterocycles. The number of anilines is 1. The number of halogens is 2. The number of nitrogens with one attached hydrogen (secondary N) is 2. The Morgan fingerprint density at radius 3 is 2.45 bits per heavy atom. The Bertz CT molecular complexity index is 1970. The van der Waals surface area contributed by atoms with Crippen LogP contribution in [0.3, 0.4) is 0 Å². The number of carbonyl (C=O) groups excluding carboxylic acids is 4. The zero-order valence-corrected chi connectivity index (χ0v) is 30.4. The Morgan fingerprint density at radius 1 is 1.09 bits per heavy atom. The van der Waals surface area contributed by atoms with Gasteiger partial charge in [0.1, 0.15) is 12.1 Å². The van der Waals surface area contributed by atoms with E-state index in [9.17, 15) is 32.5 Å². The molecule has 53 heavy (non-hydrogen) atoms.